The predicted molar refractivity (Wildman–Crippen MR) is 112 cm³/mol. The molecule has 0 saturated carbocycles. The van der Waals surface area contributed by atoms with E-state index in [2.05, 4.69) is 46.6 Å². The van der Waals surface area contributed by atoms with Crippen LogP contribution in [0.5, 0.6) is 0 Å². The van der Waals surface area contributed by atoms with Crippen molar-refractivity contribution in [1.82, 2.24) is 20.4 Å². The zero-order chi connectivity index (χ0) is 19.4. The summed E-state index contributed by atoms with van der Waals surface area (Å²) in [6, 6.07) is 8.66. The van der Waals surface area contributed by atoms with Gasteiger partial charge in [0.15, 0.2) is 5.82 Å². The minimum Gasteiger partial charge on any atom is -0.339 e. The summed E-state index contributed by atoms with van der Waals surface area (Å²) < 4.78 is 5.32. The van der Waals surface area contributed by atoms with E-state index < -0.39 is 0 Å². The topological polar surface area (TPSA) is 71.3 Å². The van der Waals surface area contributed by atoms with Crippen LogP contribution in [0, 0.1) is 0 Å². The van der Waals surface area contributed by atoms with Gasteiger partial charge in [0.2, 0.25) is 11.8 Å². The number of hydrogen-bond acceptors (Lipinski definition) is 5. The zero-order valence-corrected chi connectivity index (χ0v) is 18.0. The Hall–Kier alpha value is -1.92. The van der Waals surface area contributed by atoms with Crippen LogP contribution in [-0.2, 0) is 23.1 Å². The van der Waals surface area contributed by atoms with E-state index in [1.165, 1.54) is 11.1 Å². The number of nitrogens with zero attached hydrogens (tertiary/aromatic N) is 3. The number of carbonyl (C=O) groups excluding carboxylic acids is 1. The molecule has 1 fully saturated rings. The summed E-state index contributed by atoms with van der Waals surface area (Å²) >= 11 is 0. The second kappa shape index (κ2) is 9.52. The van der Waals surface area contributed by atoms with Crippen molar-refractivity contribution in [3.63, 3.8) is 0 Å². The fourth-order valence-corrected chi connectivity index (χ4v) is 3.29. The summed E-state index contributed by atoms with van der Waals surface area (Å²) in [5.74, 6) is 1.35. The van der Waals surface area contributed by atoms with Crippen LogP contribution < -0.4 is 5.32 Å². The third-order valence-corrected chi connectivity index (χ3v) is 5.03. The molecule has 1 saturated heterocycles. The second-order valence-electron chi connectivity index (χ2n) is 8.16. The van der Waals surface area contributed by atoms with Crippen LogP contribution in [0.2, 0.25) is 0 Å². The van der Waals surface area contributed by atoms with Crippen LogP contribution in [0.15, 0.2) is 28.8 Å². The summed E-state index contributed by atoms with van der Waals surface area (Å²) in [5.41, 5.74) is 2.34. The van der Waals surface area contributed by atoms with Gasteiger partial charge >= 0.3 is 0 Å². The maximum atomic E-state index is 12.9. The highest BCUT2D eigenvalue weighted by molar-refractivity contribution is 5.85. The van der Waals surface area contributed by atoms with Crippen molar-refractivity contribution in [2.75, 3.05) is 19.6 Å². The minimum absolute atomic E-state index is 0. The summed E-state index contributed by atoms with van der Waals surface area (Å²) in [7, 11) is 0. The molecule has 0 spiro atoms. The molecular weight excluding hydrogens is 376 g/mol. The molecule has 6 nitrogen and oxygen atoms in total. The van der Waals surface area contributed by atoms with Crippen LogP contribution in [0.25, 0.3) is 0 Å². The van der Waals surface area contributed by atoms with Gasteiger partial charge in [-0.2, -0.15) is 4.98 Å². The first-order valence-electron chi connectivity index (χ1n) is 9.80. The smallest absolute Gasteiger partial charge is 0.227 e. The normalized spacial score (nSPS) is 17.3. The lowest BCUT2D eigenvalue weighted by Crippen LogP contribution is -2.48. The maximum Gasteiger partial charge on any atom is 0.227 e. The number of aryl methyl sites for hydroxylation is 2. The third-order valence-electron chi connectivity index (χ3n) is 5.03. The molecule has 1 aliphatic heterocycles. The number of carbonyl (C=O) groups is 1. The van der Waals surface area contributed by atoms with Gasteiger partial charge in [-0.1, -0.05) is 57.1 Å². The quantitative estimate of drug-likeness (QED) is 0.823. The number of halogens is 1. The van der Waals surface area contributed by atoms with E-state index in [1.807, 2.05) is 25.7 Å². The maximum absolute atomic E-state index is 12.9. The Bertz CT molecular complexity index is 767. The van der Waals surface area contributed by atoms with Crippen LogP contribution >= 0.6 is 12.4 Å². The van der Waals surface area contributed by atoms with Crippen molar-refractivity contribution in [2.24, 2.45) is 0 Å². The third kappa shape index (κ3) is 5.32. The Morgan fingerprint density at radius 3 is 2.61 bits per heavy atom. The number of amides is 1. The average molecular weight is 407 g/mol. The molecule has 1 aromatic heterocycles. The van der Waals surface area contributed by atoms with E-state index in [1.54, 1.807) is 0 Å². The SMILES string of the molecule is CCc1ccc(C2CNCCN2C(=O)CCc2nc(C(C)(C)C)no2)cc1.Cl. The summed E-state index contributed by atoms with van der Waals surface area (Å²) in [6.45, 7) is 10.6. The molecule has 1 amide bonds. The number of benzene rings is 1. The molecular formula is C21H31ClN4O2. The molecule has 1 atom stereocenters. The fourth-order valence-electron chi connectivity index (χ4n) is 3.29. The highest BCUT2D eigenvalue weighted by atomic mass is 35.5. The lowest BCUT2D eigenvalue weighted by molar-refractivity contribution is -0.134. The van der Waals surface area contributed by atoms with Crippen LogP contribution in [-0.4, -0.2) is 40.6 Å². The van der Waals surface area contributed by atoms with Gasteiger partial charge in [0.1, 0.15) is 0 Å². The van der Waals surface area contributed by atoms with Crippen LogP contribution in [0.1, 0.15) is 63.0 Å². The summed E-state index contributed by atoms with van der Waals surface area (Å²) in [4.78, 5) is 19.3. The zero-order valence-electron chi connectivity index (χ0n) is 17.2. The molecule has 0 bridgehead atoms. The molecule has 0 aliphatic carbocycles. The van der Waals surface area contributed by atoms with Crippen molar-refractivity contribution >= 4 is 18.3 Å². The molecule has 7 heteroatoms. The molecule has 1 N–H and O–H groups in total. The molecule has 3 rings (SSSR count). The van der Waals surface area contributed by atoms with Crippen molar-refractivity contribution in [3.05, 3.63) is 47.1 Å². The highest BCUT2D eigenvalue weighted by Gasteiger charge is 2.28. The van der Waals surface area contributed by atoms with Gasteiger partial charge in [-0.05, 0) is 17.5 Å². The van der Waals surface area contributed by atoms with E-state index in [0.717, 1.165) is 26.1 Å². The molecule has 2 aromatic rings. The Kier molecular flexibility index (Phi) is 7.61. The number of piperazine rings is 1. The van der Waals surface area contributed by atoms with E-state index in [9.17, 15) is 4.79 Å². The first-order valence-corrected chi connectivity index (χ1v) is 9.80. The lowest BCUT2D eigenvalue weighted by Gasteiger charge is -2.36. The Morgan fingerprint density at radius 2 is 2.00 bits per heavy atom. The minimum atomic E-state index is -0.153. The Balaban J connectivity index is 0.00000280. The van der Waals surface area contributed by atoms with Crippen LogP contribution in [0.4, 0.5) is 0 Å². The molecule has 0 radical (unpaired) electrons. The first-order chi connectivity index (χ1) is 12.9. The number of aromatic nitrogens is 2. The van der Waals surface area contributed by atoms with Gasteiger partial charge in [-0.3, -0.25) is 4.79 Å². The van der Waals surface area contributed by atoms with Crippen molar-refractivity contribution in [2.45, 2.75) is 58.4 Å². The predicted octanol–water partition coefficient (Wildman–Crippen LogP) is 3.46. The standard InChI is InChI=1S/C21H30N4O2.ClH/c1-5-15-6-8-16(9-7-15)17-14-22-12-13-25(17)19(26)11-10-18-23-20(24-27-18)21(2,3)4;/h6-9,17,22H,5,10-14H2,1-4H3;1H. The molecule has 2 heterocycles. The van der Waals surface area contributed by atoms with Crippen LogP contribution in [0.3, 0.4) is 0 Å². The van der Waals surface area contributed by atoms with Gasteiger partial charge in [0, 0.05) is 37.9 Å². The molecule has 1 aliphatic rings. The van der Waals surface area contributed by atoms with Gasteiger partial charge in [-0.25, -0.2) is 0 Å². The van der Waals surface area contributed by atoms with Crippen molar-refractivity contribution in [1.29, 1.82) is 0 Å². The van der Waals surface area contributed by atoms with E-state index in [4.69, 9.17) is 4.52 Å². The van der Waals surface area contributed by atoms with Gasteiger partial charge in [-0.15, -0.1) is 12.4 Å². The van der Waals surface area contributed by atoms with Gasteiger partial charge < -0.3 is 14.7 Å². The molecule has 28 heavy (non-hydrogen) atoms. The van der Waals surface area contributed by atoms with E-state index in [-0.39, 0.29) is 29.8 Å². The Morgan fingerprint density at radius 1 is 1.29 bits per heavy atom. The van der Waals surface area contributed by atoms with E-state index >= 15 is 0 Å². The molecule has 1 unspecified atom stereocenters. The van der Waals surface area contributed by atoms with Crippen molar-refractivity contribution in [3.8, 4) is 0 Å². The second-order valence-corrected chi connectivity index (χ2v) is 8.16. The number of nitrogens with one attached hydrogen (secondary N) is 1. The van der Waals surface area contributed by atoms with Crippen molar-refractivity contribution < 1.29 is 9.32 Å². The van der Waals surface area contributed by atoms with Gasteiger partial charge in [0.25, 0.3) is 0 Å². The molecule has 154 valence electrons. The van der Waals surface area contributed by atoms with E-state index in [0.29, 0.717) is 24.6 Å². The summed E-state index contributed by atoms with van der Waals surface area (Å²) in [5, 5.41) is 7.44. The fraction of sp³-hybridized carbons (Fsp3) is 0.571. The Labute approximate surface area is 173 Å². The lowest BCUT2D eigenvalue weighted by atomic mass is 9.96. The number of rotatable bonds is 5. The van der Waals surface area contributed by atoms with Gasteiger partial charge in [0.05, 0.1) is 6.04 Å². The largest absolute Gasteiger partial charge is 0.339 e. The molecule has 1 aromatic carbocycles. The number of hydrogen-bond donors (Lipinski definition) is 1. The monoisotopic (exact) mass is 406 g/mol. The summed E-state index contributed by atoms with van der Waals surface area (Å²) in [6.07, 6.45) is 1.88. The first kappa shape index (κ1) is 22.4. The highest BCUT2D eigenvalue weighted by Crippen LogP contribution is 2.24. The average Bonchev–Trinajstić information content (AvgIpc) is 3.16.